The molecule has 0 radical (unpaired) electrons. The van der Waals surface area contributed by atoms with Crippen LogP contribution in [0.5, 0.6) is 0 Å². The van der Waals surface area contributed by atoms with E-state index in [0.717, 1.165) is 17.3 Å². The molecule has 3 amide bonds. The van der Waals surface area contributed by atoms with Crippen LogP contribution in [0.3, 0.4) is 0 Å². The third-order valence-corrected chi connectivity index (χ3v) is 5.84. The Bertz CT molecular complexity index is 1150. The lowest BCUT2D eigenvalue weighted by atomic mass is 9.79. The highest BCUT2D eigenvalue weighted by Gasteiger charge is 2.41. The van der Waals surface area contributed by atoms with E-state index in [1.165, 1.54) is 25.1 Å². The summed E-state index contributed by atoms with van der Waals surface area (Å²) in [6.45, 7) is 1.41. The van der Waals surface area contributed by atoms with Gasteiger partial charge in [0.05, 0.1) is 0 Å². The van der Waals surface area contributed by atoms with Crippen LogP contribution in [0.15, 0.2) is 72.8 Å². The number of carbonyl (C=O) groups is 3. The maximum atomic E-state index is 13.3. The number of likely N-dealkylation sites (N-methyl/N-ethyl adjacent to an activating group) is 1. The predicted molar refractivity (Wildman–Crippen MR) is 122 cm³/mol. The topological polar surface area (TPSA) is 87.7 Å². The van der Waals surface area contributed by atoms with E-state index < -0.39 is 30.0 Å². The smallest absolute Gasteiger partial charge is 0.412 e. The molecule has 33 heavy (non-hydrogen) atoms. The molecule has 3 unspecified atom stereocenters. The van der Waals surface area contributed by atoms with Gasteiger partial charge in [-0.05, 0) is 36.8 Å². The van der Waals surface area contributed by atoms with Crippen LogP contribution in [0.4, 0.5) is 20.6 Å². The Morgan fingerprint density at radius 3 is 2.64 bits per heavy atom. The summed E-state index contributed by atoms with van der Waals surface area (Å²) in [6, 6.07) is 12.1. The summed E-state index contributed by atoms with van der Waals surface area (Å²) in [5.74, 6) is -1.79. The molecule has 1 aliphatic carbocycles. The van der Waals surface area contributed by atoms with Gasteiger partial charge in [0.2, 0.25) is 5.91 Å². The summed E-state index contributed by atoms with van der Waals surface area (Å²) in [5.41, 5.74) is 1.98. The van der Waals surface area contributed by atoms with Crippen LogP contribution in [0.25, 0.3) is 0 Å². The quantitative estimate of drug-likeness (QED) is 0.744. The number of carbonyl (C=O) groups excluding carboxylic acids is 3. The van der Waals surface area contributed by atoms with Gasteiger partial charge in [-0.2, -0.15) is 0 Å². The van der Waals surface area contributed by atoms with Crippen molar-refractivity contribution in [3.63, 3.8) is 0 Å². The average molecular weight is 449 g/mol. The first-order valence-corrected chi connectivity index (χ1v) is 10.6. The summed E-state index contributed by atoms with van der Waals surface area (Å²) >= 11 is 0. The molecule has 2 aromatic carbocycles. The first-order valence-electron chi connectivity index (χ1n) is 10.6. The van der Waals surface area contributed by atoms with Crippen LogP contribution in [-0.2, 0) is 14.3 Å². The van der Waals surface area contributed by atoms with Crippen LogP contribution in [0, 0.1) is 11.7 Å². The number of anilines is 2. The van der Waals surface area contributed by atoms with E-state index in [2.05, 4.69) is 10.6 Å². The number of ether oxygens (including phenoxy) is 1. The standard InChI is InChI=1S/C25H24FN3O4/c1-15(33-25(32)27-17-9-7-8-16(26)14-17)23(30)28-22-20-12-4-3-10-18(20)19-11-5-6-13-21(19)29(2)24(22)31/h3-15,18,20,22H,1-2H3,(H,27,32)(H,28,30)/t15-,18?,20?,22?/m0/s1. The molecule has 1 heterocycles. The zero-order valence-corrected chi connectivity index (χ0v) is 18.2. The van der Waals surface area contributed by atoms with Gasteiger partial charge in [-0.1, -0.05) is 48.6 Å². The van der Waals surface area contributed by atoms with Gasteiger partial charge in [0, 0.05) is 30.3 Å². The highest BCUT2D eigenvalue weighted by atomic mass is 19.1. The fourth-order valence-electron chi connectivity index (χ4n) is 4.18. The second kappa shape index (κ2) is 9.28. The van der Waals surface area contributed by atoms with Crippen molar-refractivity contribution in [2.45, 2.75) is 25.0 Å². The van der Waals surface area contributed by atoms with Gasteiger partial charge < -0.3 is 15.0 Å². The summed E-state index contributed by atoms with van der Waals surface area (Å²) in [5, 5.41) is 5.15. The van der Waals surface area contributed by atoms with Crippen LogP contribution in [0.1, 0.15) is 18.4 Å². The van der Waals surface area contributed by atoms with Gasteiger partial charge in [-0.3, -0.25) is 14.9 Å². The molecule has 0 spiro atoms. The Morgan fingerprint density at radius 2 is 1.85 bits per heavy atom. The number of hydrogen-bond donors (Lipinski definition) is 2. The van der Waals surface area contributed by atoms with E-state index in [-0.39, 0.29) is 23.4 Å². The average Bonchev–Trinajstić information content (AvgIpc) is 2.89. The molecule has 0 saturated carbocycles. The predicted octanol–water partition coefficient (Wildman–Crippen LogP) is 3.75. The van der Waals surface area contributed by atoms with Crippen molar-refractivity contribution in [3.8, 4) is 0 Å². The molecular weight excluding hydrogens is 425 g/mol. The number of para-hydroxylation sites is 1. The molecule has 0 bridgehead atoms. The molecule has 2 aromatic rings. The number of fused-ring (bicyclic) bond motifs is 3. The van der Waals surface area contributed by atoms with Crippen LogP contribution in [-0.4, -0.2) is 37.1 Å². The Labute approximate surface area is 190 Å². The minimum absolute atomic E-state index is 0.0992. The van der Waals surface area contributed by atoms with Crippen molar-refractivity contribution in [3.05, 3.63) is 84.2 Å². The van der Waals surface area contributed by atoms with E-state index in [1.807, 2.05) is 48.6 Å². The summed E-state index contributed by atoms with van der Waals surface area (Å²) < 4.78 is 18.4. The van der Waals surface area contributed by atoms with Gasteiger partial charge >= 0.3 is 6.09 Å². The third-order valence-electron chi connectivity index (χ3n) is 5.84. The van der Waals surface area contributed by atoms with Crippen molar-refractivity contribution in [2.75, 3.05) is 17.3 Å². The summed E-state index contributed by atoms with van der Waals surface area (Å²) in [7, 11) is 1.68. The van der Waals surface area contributed by atoms with Crippen molar-refractivity contribution in [2.24, 2.45) is 5.92 Å². The van der Waals surface area contributed by atoms with Gasteiger partial charge in [-0.25, -0.2) is 9.18 Å². The SMILES string of the molecule is C[C@H](OC(=O)Nc1cccc(F)c1)C(=O)NC1C(=O)N(C)c2ccccc2C2C=CC=CC12. The third kappa shape index (κ3) is 4.64. The summed E-state index contributed by atoms with van der Waals surface area (Å²) in [6.07, 6.45) is 5.62. The molecule has 4 rings (SSSR count). The molecule has 7 nitrogen and oxygen atoms in total. The van der Waals surface area contributed by atoms with E-state index in [1.54, 1.807) is 11.9 Å². The van der Waals surface area contributed by atoms with Crippen molar-refractivity contribution in [1.29, 1.82) is 0 Å². The zero-order chi connectivity index (χ0) is 23.5. The Morgan fingerprint density at radius 1 is 1.09 bits per heavy atom. The molecule has 8 heteroatoms. The van der Waals surface area contributed by atoms with E-state index in [4.69, 9.17) is 4.74 Å². The highest BCUT2D eigenvalue weighted by molar-refractivity contribution is 6.01. The molecular formula is C25H24FN3O4. The number of nitrogens with one attached hydrogen (secondary N) is 2. The Kier molecular flexibility index (Phi) is 6.26. The molecule has 2 N–H and O–H groups in total. The van der Waals surface area contributed by atoms with Gasteiger partial charge in [-0.15, -0.1) is 0 Å². The second-order valence-corrected chi connectivity index (χ2v) is 8.00. The van der Waals surface area contributed by atoms with Crippen LogP contribution in [0.2, 0.25) is 0 Å². The van der Waals surface area contributed by atoms with Crippen molar-refractivity contribution >= 4 is 29.3 Å². The normalized spacial score (nSPS) is 22.0. The zero-order valence-electron chi connectivity index (χ0n) is 18.2. The first kappa shape index (κ1) is 22.3. The summed E-state index contributed by atoms with van der Waals surface area (Å²) in [4.78, 5) is 39.9. The Balaban J connectivity index is 1.48. The Hall–Kier alpha value is -3.94. The number of halogens is 1. The lowest BCUT2D eigenvalue weighted by Crippen LogP contribution is -2.53. The minimum atomic E-state index is -1.18. The highest BCUT2D eigenvalue weighted by Crippen LogP contribution is 2.40. The largest absolute Gasteiger partial charge is 0.436 e. The number of rotatable bonds is 4. The lowest BCUT2D eigenvalue weighted by molar-refractivity contribution is -0.133. The minimum Gasteiger partial charge on any atom is -0.436 e. The number of nitrogens with zero attached hydrogens (tertiary/aromatic N) is 1. The molecule has 0 fully saturated rings. The second-order valence-electron chi connectivity index (χ2n) is 8.00. The van der Waals surface area contributed by atoms with Gasteiger partial charge in [0.15, 0.2) is 6.10 Å². The molecule has 0 aromatic heterocycles. The molecule has 1 aliphatic heterocycles. The van der Waals surface area contributed by atoms with Crippen molar-refractivity contribution in [1.82, 2.24) is 5.32 Å². The maximum absolute atomic E-state index is 13.3. The maximum Gasteiger partial charge on any atom is 0.412 e. The van der Waals surface area contributed by atoms with Crippen molar-refractivity contribution < 1.29 is 23.5 Å². The number of benzene rings is 2. The number of allylic oxidation sites excluding steroid dienone is 3. The fraction of sp³-hybridized carbons (Fsp3) is 0.240. The fourth-order valence-corrected chi connectivity index (χ4v) is 4.18. The van der Waals surface area contributed by atoms with E-state index in [9.17, 15) is 18.8 Å². The molecule has 170 valence electrons. The molecule has 2 aliphatic rings. The number of amides is 3. The van der Waals surface area contributed by atoms with Crippen LogP contribution >= 0.6 is 0 Å². The molecule has 0 saturated heterocycles. The lowest BCUT2D eigenvalue weighted by Gasteiger charge is -2.30. The monoisotopic (exact) mass is 449 g/mol. The molecule has 4 atom stereocenters. The number of hydrogen-bond acceptors (Lipinski definition) is 4. The first-order chi connectivity index (χ1) is 15.8. The van der Waals surface area contributed by atoms with Crippen LogP contribution < -0.4 is 15.5 Å². The van der Waals surface area contributed by atoms with Gasteiger partial charge in [0.25, 0.3) is 5.91 Å². The van der Waals surface area contributed by atoms with E-state index in [0.29, 0.717) is 0 Å². The van der Waals surface area contributed by atoms with Gasteiger partial charge in [0.1, 0.15) is 11.9 Å². The van der Waals surface area contributed by atoms with E-state index >= 15 is 0 Å².